The Kier molecular flexibility index (Phi) is 4.23. The Morgan fingerprint density at radius 2 is 2.00 bits per heavy atom. The van der Waals surface area contributed by atoms with E-state index in [1.807, 2.05) is 19.1 Å². The molecular formula is C16H26N2O. The average molecular weight is 262 g/mol. The van der Waals surface area contributed by atoms with Crippen LogP contribution in [-0.4, -0.2) is 19.7 Å². The highest BCUT2D eigenvalue weighted by molar-refractivity contribution is 5.74. The van der Waals surface area contributed by atoms with E-state index < -0.39 is 0 Å². The van der Waals surface area contributed by atoms with Crippen molar-refractivity contribution < 1.29 is 4.74 Å². The lowest BCUT2D eigenvalue weighted by Crippen LogP contribution is -2.26. The van der Waals surface area contributed by atoms with Crippen molar-refractivity contribution >= 4 is 11.4 Å². The van der Waals surface area contributed by atoms with Crippen LogP contribution in [0.4, 0.5) is 11.4 Å². The third-order valence-electron chi connectivity index (χ3n) is 4.62. The fourth-order valence-corrected chi connectivity index (χ4v) is 3.06. The molecule has 106 valence electrons. The molecule has 3 heteroatoms. The van der Waals surface area contributed by atoms with Crippen molar-refractivity contribution in [1.82, 2.24) is 0 Å². The van der Waals surface area contributed by atoms with Crippen molar-refractivity contribution in [2.45, 2.75) is 40.0 Å². The minimum Gasteiger partial charge on any atom is -0.492 e. The minimum atomic E-state index is 0.466. The first-order valence-corrected chi connectivity index (χ1v) is 7.42. The Labute approximate surface area is 116 Å². The van der Waals surface area contributed by atoms with Gasteiger partial charge in [0.25, 0.3) is 0 Å². The van der Waals surface area contributed by atoms with E-state index in [0.29, 0.717) is 12.0 Å². The lowest BCUT2D eigenvalue weighted by Gasteiger charge is -2.28. The summed E-state index contributed by atoms with van der Waals surface area (Å²) < 4.78 is 5.59. The first kappa shape index (κ1) is 14.0. The van der Waals surface area contributed by atoms with Crippen molar-refractivity contribution in [3.63, 3.8) is 0 Å². The molecule has 1 aliphatic rings. The van der Waals surface area contributed by atoms with E-state index in [-0.39, 0.29) is 0 Å². The molecular weight excluding hydrogens is 236 g/mol. The summed E-state index contributed by atoms with van der Waals surface area (Å²) in [5.41, 5.74) is 8.64. The van der Waals surface area contributed by atoms with Gasteiger partial charge in [-0.2, -0.15) is 0 Å². The maximum Gasteiger partial charge on any atom is 0.144 e. The highest BCUT2D eigenvalue weighted by atomic mass is 16.5. The summed E-state index contributed by atoms with van der Waals surface area (Å²) in [6, 6.07) is 6.10. The molecule has 1 aromatic carbocycles. The topological polar surface area (TPSA) is 38.5 Å². The Bertz CT molecular complexity index is 427. The summed E-state index contributed by atoms with van der Waals surface area (Å²) in [6.07, 6.45) is 3.74. The second-order valence-electron chi connectivity index (χ2n) is 5.50. The summed E-state index contributed by atoms with van der Waals surface area (Å²) in [7, 11) is 0. The zero-order chi connectivity index (χ0) is 13.9. The van der Waals surface area contributed by atoms with Crippen LogP contribution in [0.3, 0.4) is 0 Å². The highest BCUT2D eigenvalue weighted by Gasteiger charge is 2.35. The number of nitrogens with zero attached hydrogens (tertiary/aromatic N) is 1. The maximum atomic E-state index is 6.25. The minimum absolute atomic E-state index is 0.466. The Hall–Kier alpha value is -1.38. The molecule has 0 unspecified atom stereocenters. The van der Waals surface area contributed by atoms with Gasteiger partial charge in [-0.25, -0.2) is 0 Å². The van der Waals surface area contributed by atoms with E-state index in [2.05, 4.69) is 24.8 Å². The Morgan fingerprint density at radius 3 is 2.58 bits per heavy atom. The molecule has 0 spiro atoms. The highest BCUT2D eigenvalue weighted by Crippen LogP contribution is 2.42. The first-order chi connectivity index (χ1) is 9.15. The number of hydrogen-bond donors (Lipinski definition) is 1. The molecule has 2 N–H and O–H groups in total. The number of nitrogens with two attached hydrogens (primary N) is 1. The quantitative estimate of drug-likeness (QED) is 0.823. The zero-order valence-corrected chi connectivity index (χ0v) is 12.4. The maximum absolute atomic E-state index is 6.25. The SMILES string of the molecule is CCOc1cccc(N2CCC(CC)(CC)C2)c1N. The monoisotopic (exact) mass is 262 g/mol. The van der Waals surface area contributed by atoms with Crippen LogP contribution in [0.15, 0.2) is 18.2 Å². The van der Waals surface area contributed by atoms with Gasteiger partial charge in [-0.05, 0) is 43.7 Å². The van der Waals surface area contributed by atoms with Crippen LogP contribution in [0.5, 0.6) is 5.75 Å². The van der Waals surface area contributed by atoms with Gasteiger partial charge >= 0.3 is 0 Å². The number of anilines is 2. The van der Waals surface area contributed by atoms with Gasteiger partial charge in [0.2, 0.25) is 0 Å². The number of ether oxygens (including phenoxy) is 1. The summed E-state index contributed by atoms with van der Waals surface area (Å²) in [4.78, 5) is 2.42. The predicted molar refractivity (Wildman–Crippen MR) is 81.9 cm³/mol. The second kappa shape index (κ2) is 5.72. The van der Waals surface area contributed by atoms with Gasteiger partial charge in [-0.1, -0.05) is 19.9 Å². The Balaban J connectivity index is 2.22. The van der Waals surface area contributed by atoms with Crippen molar-refractivity contribution in [3.8, 4) is 5.75 Å². The largest absolute Gasteiger partial charge is 0.492 e. The molecule has 1 fully saturated rings. The molecule has 19 heavy (non-hydrogen) atoms. The lowest BCUT2D eigenvalue weighted by molar-refractivity contribution is 0.301. The van der Waals surface area contributed by atoms with E-state index in [9.17, 15) is 0 Å². The van der Waals surface area contributed by atoms with E-state index in [4.69, 9.17) is 10.5 Å². The van der Waals surface area contributed by atoms with Gasteiger partial charge < -0.3 is 15.4 Å². The van der Waals surface area contributed by atoms with Crippen molar-refractivity contribution in [1.29, 1.82) is 0 Å². The lowest BCUT2D eigenvalue weighted by atomic mass is 9.82. The summed E-state index contributed by atoms with van der Waals surface area (Å²) in [6.45, 7) is 9.45. The number of rotatable bonds is 5. The standard InChI is InChI=1S/C16H26N2O/c1-4-16(5-2)10-11-18(12-16)13-8-7-9-14(15(13)17)19-6-3/h7-9H,4-6,10-12,17H2,1-3H3. The Morgan fingerprint density at radius 1 is 1.26 bits per heavy atom. The smallest absolute Gasteiger partial charge is 0.144 e. The van der Waals surface area contributed by atoms with E-state index >= 15 is 0 Å². The van der Waals surface area contributed by atoms with Crippen LogP contribution in [0.25, 0.3) is 0 Å². The summed E-state index contributed by atoms with van der Waals surface area (Å²) in [5.74, 6) is 0.811. The molecule has 3 nitrogen and oxygen atoms in total. The van der Waals surface area contributed by atoms with Crippen LogP contribution in [0, 0.1) is 5.41 Å². The molecule has 0 bridgehead atoms. The average Bonchev–Trinajstić information content (AvgIpc) is 2.86. The zero-order valence-electron chi connectivity index (χ0n) is 12.4. The van der Waals surface area contributed by atoms with Crippen LogP contribution in [-0.2, 0) is 0 Å². The number of hydrogen-bond acceptors (Lipinski definition) is 3. The van der Waals surface area contributed by atoms with Crippen molar-refractivity contribution in [3.05, 3.63) is 18.2 Å². The molecule has 0 amide bonds. The van der Waals surface area contributed by atoms with Crippen LogP contribution in [0.1, 0.15) is 40.0 Å². The third kappa shape index (κ3) is 2.65. The normalized spacial score (nSPS) is 17.7. The molecule has 2 rings (SSSR count). The molecule has 1 aromatic rings. The van der Waals surface area contributed by atoms with Crippen molar-refractivity contribution in [2.24, 2.45) is 5.41 Å². The van der Waals surface area contributed by atoms with Gasteiger partial charge in [-0.3, -0.25) is 0 Å². The second-order valence-corrected chi connectivity index (χ2v) is 5.50. The fourth-order valence-electron chi connectivity index (χ4n) is 3.06. The molecule has 1 heterocycles. The summed E-state index contributed by atoms with van der Waals surface area (Å²) in [5, 5.41) is 0. The third-order valence-corrected chi connectivity index (χ3v) is 4.62. The van der Waals surface area contributed by atoms with Gasteiger partial charge in [-0.15, -0.1) is 0 Å². The van der Waals surface area contributed by atoms with Crippen LogP contribution < -0.4 is 15.4 Å². The number of benzene rings is 1. The number of nitrogen functional groups attached to an aromatic ring is 1. The molecule has 1 aliphatic heterocycles. The molecule has 1 saturated heterocycles. The van der Waals surface area contributed by atoms with E-state index in [1.165, 1.54) is 19.3 Å². The molecule has 0 aromatic heterocycles. The fraction of sp³-hybridized carbons (Fsp3) is 0.625. The predicted octanol–water partition coefficient (Wildman–Crippen LogP) is 3.68. The first-order valence-electron chi connectivity index (χ1n) is 7.42. The van der Waals surface area contributed by atoms with E-state index in [0.717, 1.165) is 30.2 Å². The van der Waals surface area contributed by atoms with Gasteiger partial charge in [0.05, 0.1) is 18.0 Å². The van der Waals surface area contributed by atoms with Gasteiger partial charge in [0.15, 0.2) is 0 Å². The molecule has 0 radical (unpaired) electrons. The van der Waals surface area contributed by atoms with E-state index in [1.54, 1.807) is 0 Å². The van der Waals surface area contributed by atoms with Gasteiger partial charge in [0, 0.05) is 13.1 Å². The van der Waals surface area contributed by atoms with Crippen LogP contribution in [0.2, 0.25) is 0 Å². The molecule has 0 aliphatic carbocycles. The van der Waals surface area contributed by atoms with Crippen LogP contribution >= 0.6 is 0 Å². The number of para-hydroxylation sites is 1. The molecule has 0 saturated carbocycles. The summed E-state index contributed by atoms with van der Waals surface area (Å²) >= 11 is 0. The van der Waals surface area contributed by atoms with Gasteiger partial charge in [0.1, 0.15) is 5.75 Å². The molecule has 0 atom stereocenters. The van der Waals surface area contributed by atoms with Crippen molar-refractivity contribution in [2.75, 3.05) is 30.3 Å².